The van der Waals surface area contributed by atoms with Crippen molar-refractivity contribution in [2.24, 2.45) is 5.92 Å². The lowest BCUT2D eigenvalue weighted by Gasteiger charge is -2.34. The number of thiazole rings is 1. The molecule has 0 aliphatic carbocycles. The van der Waals surface area contributed by atoms with Crippen molar-refractivity contribution in [1.29, 1.82) is 0 Å². The molecule has 1 aromatic heterocycles. The van der Waals surface area contributed by atoms with Crippen LogP contribution in [0.4, 0.5) is 0 Å². The van der Waals surface area contributed by atoms with Crippen molar-refractivity contribution < 1.29 is 0 Å². The molecule has 0 saturated carbocycles. The fourth-order valence-electron chi connectivity index (χ4n) is 3.45. The van der Waals surface area contributed by atoms with Crippen LogP contribution in [0.5, 0.6) is 0 Å². The molecule has 2 aliphatic heterocycles. The lowest BCUT2D eigenvalue weighted by atomic mass is 9.93. The molecule has 2 unspecified atom stereocenters. The normalized spacial score (nSPS) is 25.1. The van der Waals surface area contributed by atoms with Gasteiger partial charge in [-0.3, -0.25) is 4.90 Å². The summed E-state index contributed by atoms with van der Waals surface area (Å²) in [6.07, 6.45) is 2.65. The van der Waals surface area contributed by atoms with Gasteiger partial charge in [-0.25, -0.2) is 4.98 Å². The summed E-state index contributed by atoms with van der Waals surface area (Å²) in [4.78, 5) is 7.34. The van der Waals surface area contributed by atoms with Crippen LogP contribution in [0.25, 0.3) is 10.2 Å². The molecule has 21 heavy (non-hydrogen) atoms. The number of likely N-dealkylation sites (tertiary alicyclic amines) is 1. The topological polar surface area (TPSA) is 28.2 Å². The fourth-order valence-corrected chi connectivity index (χ4v) is 4.46. The van der Waals surface area contributed by atoms with Crippen LogP contribution in [-0.2, 0) is 6.54 Å². The first-order valence-electron chi connectivity index (χ1n) is 7.19. The Kier molecular flexibility index (Phi) is 5.86. The second-order valence-electron chi connectivity index (χ2n) is 5.71. The molecular formula is C15H21Cl2N3S. The van der Waals surface area contributed by atoms with E-state index >= 15 is 0 Å². The predicted molar refractivity (Wildman–Crippen MR) is 93.9 cm³/mol. The van der Waals surface area contributed by atoms with Gasteiger partial charge in [-0.05, 0) is 37.4 Å². The molecule has 2 aromatic rings. The summed E-state index contributed by atoms with van der Waals surface area (Å²) in [5.41, 5.74) is 1.15. The van der Waals surface area contributed by atoms with Gasteiger partial charge >= 0.3 is 0 Å². The number of hydrogen-bond donors (Lipinski definition) is 1. The van der Waals surface area contributed by atoms with Gasteiger partial charge < -0.3 is 5.32 Å². The summed E-state index contributed by atoms with van der Waals surface area (Å²) < 4.78 is 1.31. The van der Waals surface area contributed by atoms with Crippen molar-refractivity contribution >= 4 is 46.4 Å². The second-order valence-corrected chi connectivity index (χ2v) is 6.82. The molecule has 3 heterocycles. The number of halogens is 2. The van der Waals surface area contributed by atoms with Gasteiger partial charge in [-0.15, -0.1) is 36.2 Å². The van der Waals surface area contributed by atoms with E-state index in [1.54, 1.807) is 0 Å². The number of fused-ring (bicyclic) bond motifs is 2. The number of nitrogens with zero attached hydrogens (tertiary/aromatic N) is 2. The number of benzene rings is 1. The summed E-state index contributed by atoms with van der Waals surface area (Å²) in [5, 5.41) is 4.89. The number of para-hydroxylation sites is 1. The third kappa shape index (κ3) is 3.51. The highest BCUT2D eigenvalue weighted by Crippen LogP contribution is 2.27. The van der Waals surface area contributed by atoms with Crippen LogP contribution in [-0.4, -0.2) is 35.6 Å². The Labute approximate surface area is 141 Å². The maximum Gasteiger partial charge on any atom is 0.108 e. The minimum absolute atomic E-state index is 0. The van der Waals surface area contributed by atoms with E-state index in [9.17, 15) is 0 Å². The maximum atomic E-state index is 4.75. The first-order chi connectivity index (χ1) is 9.38. The SMILES string of the molecule is Cl.Cl.c1ccc2sc(CN3CCC4NCCC4C3)nc2c1. The molecule has 0 spiro atoms. The Balaban J connectivity index is 0.000000807. The highest BCUT2D eigenvalue weighted by molar-refractivity contribution is 7.18. The molecule has 4 rings (SSSR count). The zero-order valence-corrected chi connectivity index (χ0v) is 14.3. The van der Waals surface area contributed by atoms with Crippen LogP contribution in [0.3, 0.4) is 0 Å². The van der Waals surface area contributed by atoms with Crippen LogP contribution in [0.1, 0.15) is 17.8 Å². The molecule has 0 bridgehead atoms. The fraction of sp³-hybridized carbons (Fsp3) is 0.533. The molecule has 0 amide bonds. The van der Waals surface area contributed by atoms with Crippen molar-refractivity contribution in [2.75, 3.05) is 19.6 Å². The van der Waals surface area contributed by atoms with Crippen LogP contribution < -0.4 is 5.32 Å². The standard InChI is InChI=1S/C15H19N3S.2ClH/c1-2-4-14-13(3-1)17-15(19-14)10-18-8-6-12-11(9-18)5-7-16-12;;/h1-4,11-12,16H,5-10H2;2*1H. The smallest absolute Gasteiger partial charge is 0.108 e. The lowest BCUT2D eigenvalue weighted by molar-refractivity contribution is 0.156. The van der Waals surface area contributed by atoms with Gasteiger partial charge in [-0.1, -0.05) is 12.1 Å². The van der Waals surface area contributed by atoms with E-state index in [4.69, 9.17) is 4.98 Å². The van der Waals surface area contributed by atoms with Crippen LogP contribution in [0, 0.1) is 5.92 Å². The van der Waals surface area contributed by atoms with Crippen molar-refractivity contribution in [2.45, 2.75) is 25.4 Å². The van der Waals surface area contributed by atoms with E-state index < -0.39 is 0 Å². The molecule has 116 valence electrons. The average Bonchev–Trinajstić information content (AvgIpc) is 3.03. The van der Waals surface area contributed by atoms with Crippen molar-refractivity contribution in [3.63, 3.8) is 0 Å². The van der Waals surface area contributed by atoms with Gasteiger partial charge in [0.2, 0.25) is 0 Å². The molecule has 0 radical (unpaired) electrons. The first kappa shape index (κ1) is 17.0. The zero-order chi connectivity index (χ0) is 12.7. The van der Waals surface area contributed by atoms with Gasteiger partial charge in [-0.2, -0.15) is 0 Å². The average molecular weight is 346 g/mol. The number of aromatic nitrogens is 1. The Morgan fingerprint density at radius 1 is 1.24 bits per heavy atom. The Morgan fingerprint density at radius 3 is 2.95 bits per heavy atom. The molecule has 6 heteroatoms. The molecule has 3 nitrogen and oxygen atoms in total. The van der Waals surface area contributed by atoms with Gasteiger partial charge in [0.15, 0.2) is 0 Å². The Bertz CT molecular complexity index is 556. The molecular weight excluding hydrogens is 325 g/mol. The molecule has 2 saturated heterocycles. The summed E-state index contributed by atoms with van der Waals surface area (Å²) in [7, 11) is 0. The van der Waals surface area contributed by atoms with Crippen molar-refractivity contribution in [3.8, 4) is 0 Å². The maximum absolute atomic E-state index is 4.75. The summed E-state index contributed by atoms with van der Waals surface area (Å²) >= 11 is 1.85. The van der Waals surface area contributed by atoms with Crippen LogP contribution in [0.2, 0.25) is 0 Å². The Hall–Kier alpha value is -0.390. The summed E-state index contributed by atoms with van der Waals surface area (Å²) in [6.45, 7) is 4.70. The number of nitrogens with one attached hydrogen (secondary N) is 1. The van der Waals surface area contributed by atoms with E-state index in [-0.39, 0.29) is 24.8 Å². The number of piperidine rings is 1. The van der Waals surface area contributed by atoms with E-state index in [0.29, 0.717) is 0 Å². The second kappa shape index (κ2) is 7.25. The van der Waals surface area contributed by atoms with Crippen LogP contribution in [0.15, 0.2) is 24.3 Å². The van der Waals surface area contributed by atoms with E-state index in [0.717, 1.165) is 24.0 Å². The van der Waals surface area contributed by atoms with Gasteiger partial charge in [0, 0.05) is 19.1 Å². The number of rotatable bonds is 2. The third-order valence-electron chi connectivity index (χ3n) is 4.44. The summed E-state index contributed by atoms with van der Waals surface area (Å²) in [5.74, 6) is 0.864. The molecule has 2 atom stereocenters. The summed E-state index contributed by atoms with van der Waals surface area (Å²) in [6, 6.07) is 9.24. The van der Waals surface area contributed by atoms with E-state index in [1.165, 1.54) is 42.2 Å². The minimum Gasteiger partial charge on any atom is -0.314 e. The Morgan fingerprint density at radius 2 is 2.10 bits per heavy atom. The molecule has 2 aliphatic rings. The molecule has 1 N–H and O–H groups in total. The van der Waals surface area contributed by atoms with Crippen molar-refractivity contribution in [1.82, 2.24) is 15.2 Å². The van der Waals surface area contributed by atoms with Gasteiger partial charge in [0.05, 0.1) is 16.8 Å². The highest BCUT2D eigenvalue weighted by atomic mass is 35.5. The zero-order valence-electron chi connectivity index (χ0n) is 11.8. The van der Waals surface area contributed by atoms with E-state index in [1.807, 2.05) is 11.3 Å². The molecule has 2 fully saturated rings. The third-order valence-corrected chi connectivity index (χ3v) is 5.46. The van der Waals surface area contributed by atoms with Gasteiger partial charge in [0.25, 0.3) is 0 Å². The van der Waals surface area contributed by atoms with Gasteiger partial charge in [0.1, 0.15) is 5.01 Å². The predicted octanol–water partition coefficient (Wildman–Crippen LogP) is 3.32. The lowest BCUT2D eigenvalue weighted by Crippen LogP contribution is -2.43. The quantitative estimate of drug-likeness (QED) is 0.904. The number of hydrogen-bond acceptors (Lipinski definition) is 4. The molecule has 1 aromatic carbocycles. The largest absolute Gasteiger partial charge is 0.314 e. The highest BCUT2D eigenvalue weighted by Gasteiger charge is 2.32. The van der Waals surface area contributed by atoms with Crippen molar-refractivity contribution in [3.05, 3.63) is 29.3 Å². The van der Waals surface area contributed by atoms with E-state index in [2.05, 4.69) is 34.5 Å². The van der Waals surface area contributed by atoms with Crippen LogP contribution >= 0.6 is 36.2 Å². The monoisotopic (exact) mass is 345 g/mol. The minimum atomic E-state index is 0. The first-order valence-corrected chi connectivity index (χ1v) is 8.00.